The molecule has 1 aromatic carbocycles. The van der Waals surface area contributed by atoms with E-state index >= 15 is 0 Å². The molecule has 0 aromatic heterocycles. The number of rotatable bonds is 11. The largest absolute Gasteiger partial charge is 0.251 e. The Labute approximate surface area is 185 Å². The molecule has 2 saturated carbocycles. The van der Waals surface area contributed by atoms with E-state index in [4.69, 9.17) is 0 Å². The van der Waals surface area contributed by atoms with E-state index < -0.39 is 0 Å². The molecule has 168 valence electrons. The molecule has 0 spiro atoms. The van der Waals surface area contributed by atoms with Gasteiger partial charge in [-0.1, -0.05) is 69.0 Å². The Morgan fingerprint density at radius 2 is 1.40 bits per heavy atom. The lowest BCUT2D eigenvalue weighted by atomic mass is 9.68. The van der Waals surface area contributed by atoms with Gasteiger partial charge in [-0.05, 0) is 105 Å². The van der Waals surface area contributed by atoms with Crippen LogP contribution in [0.3, 0.4) is 0 Å². The van der Waals surface area contributed by atoms with Crippen LogP contribution in [0.4, 0.5) is 4.39 Å². The molecule has 0 bridgehead atoms. The van der Waals surface area contributed by atoms with Gasteiger partial charge in [0.25, 0.3) is 0 Å². The summed E-state index contributed by atoms with van der Waals surface area (Å²) >= 11 is 0. The summed E-state index contributed by atoms with van der Waals surface area (Å²) in [6.45, 7) is 2.07. The molecular weight excluding hydrogens is 367 g/mol. The lowest BCUT2D eigenvalue weighted by molar-refractivity contribution is 0.152. The minimum atomic E-state index is -0.209. The van der Waals surface area contributed by atoms with E-state index in [1.807, 2.05) is 0 Å². The normalized spacial score (nSPS) is 27.5. The summed E-state index contributed by atoms with van der Waals surface area (Å²) in [5.74, 6) is 3.63. The summed E-state index contributed by atoms with van der Waals surface area (Å²) in [5.41, 5.74) is 3.05. The highest BCUT2D eigenvalue weighted by molar-refractivity contribution is 5.22. The van der Waals surface area contributed by atoms with E-state index in [-0.39, 0.29) is 6.67 Å². The molecule has 0 heterocycles. The number of benzene rings is 1. The molecule has 0 radical (unpaired) electrons. The summed E-state index contributed by atoms with van der Waals surface area (Å²) < 4.78 is 12.3. The number of hydrogen-bond acceptors (Lipinski definition) is 0. The molecule has 30 heavy (non-hydrogen) atoms. The molecule has 2 fully saturated rings. The van der Waals surface area contributed by atoms with Gasteiger partial charge in [-0.25, -0.2) is 0 Å². The van der Waals surface area contributed by atoms with Crippen molar-refractivity contribution in [3.05, 3.63) is 47.5 Å². The van der Waals surface area contributed by atoms with Crippen molar-refractivity contribution in [1.82, 2.24) is 0 Å². The first-order valence-corrected chi connectivity index (χ1v) is 13.1. The van der Waals surface area contributed by atoms with Gasteiger partial charge >= 0.3 is 0 Å². The Morgan fingerprint density at radius 3 is 2.00 bits per heavy atom. The SMILES string of the molecule is CCCCCc1ccc(CCC2CCC(C3CCC(/C=C/CCF)CC3)CC2)cc1. The molecule has 0 atom stereocenters. The first-order chi connectivity index (χ1) is 14.8. The second kappa shape index (κ2) is 13.3. The van der Waals surface area contributed by atoms with E-state index in [1.54, 1.807) is 0 Å². The van der Waals surface area contributed by atoms with E-state index in [2.05, 4.69) is 43.3 Å². The van der Waals surface area contributed by atoms with E-state index in [9.17, 15) is 4.39 Å². The fourth-order valence-corrected chi connectivity index (χ4v) is 5.93. The van der Waals surface area contributed by atoms with Crippen LogP contribution >= 0.6 is 0 Å². The van der Waals surface area contributed by atoms with Crippen LogP contribution in [0.5, 0.6) is 0 Å². The van der Waals surface area contributed by atoms with Crippen molar-refractivity contribution in [3.63, 3.8) is 0 Å². The first kappa shape index (κ1) is 23.6. The fourth-order valence-electron chi connectivity index (χ4n) is 5.93. The van der Waals surface area contributed by atoms with Crippen molar-refractivity contribution in [2.45, 2.75) is 103 Å². The Kier molecular flexibility index (Phi) is 10.5. The molecule has 0 nitrogen and oxygen atoms in total. The van der Waals surface area contributed by atoms with Crippen molar-refractivity contribution in [3.8, 4) is 0 Å². The Balaban J connectivity index is 1.31. The zero-order chi connectivity index (χ0) is 21.0. The standard InChI is InChI=1S/C29H45F/c1-2-3-4-7-24-9-11-26(12-10-24)13-14-27-17-21-29(22-18-27)28-19-15-25(16-20-28)8-5-6-23-30/h5,8-12,25,27-29H,2-4,6-7,13-23H2,1H3/b8-5+. The van der Waals surface area contributed by atoms with E-state index in [0.717, 1.165) is 23.7 Å². The van der Waals surface area contributed by atoms with E-state index in [0.29, 0.717) is 6.42 Å². The Morgan fingerprint density at radius 1 is 0.800 bits per heavy atom. The lowest BCUT2D eigenvalue weighted by Crippen LogP contribution is -2.25. The number of aryl methyl sites for hydroxylation is 2. The number of allylic oxidation sites excluding steroid dienone is 2. The number of halogens is 1. The van der Waals surface area contributed by atoms with E-state index in [1.165, 1.54) is 101 Å². The molecule has 2 aliphatic rings. The van der Waals surface area contributed by atoms with Gasteiger partial charge in [0.1, 0.15) is 0 Å². The predicted molar refractivity (Wildman–Crippen MR) is 129 cm³/mol. The van der Waals surface area contributed by atoms with Crippen LogP contribution in [-0.4, -0.2) is 6.67 Å². The Hall–Kier alpha value is -1.11. The molecule has 2 aliphatic carbocycles. The minimum absolute atomic E-state index is 0.209. The second-order valence-corrected chi connectivity index (χ2v) is 10.2. The highest BCUT2D eigenvalue weighted by Gasteiger charge is 2.30. The maximum absolute atomic E-state index is 12.3. The fraction of sp³-hybridized carbons (Fsp3) is 0.724. The highest BCUT2D eigenvalue weighted by Crippen LogP contribution is 2.42. The zero-order valence-corrected chi connectivity index (χ0v) is 19.5. The zero-order valence-electron chi connectivity index (χ0n) is 19.5. The summed E-state index contributed by atoms with van der Waals surface area (Å²) in [6.07, 6.45) is 24.2. The van der Waals surface area contributed by atoms with Crippen LogP contribution in [0.1, 0.15) is 102 Å². The molecular formula is C29H45F. The van der Waals surface area contributed by atoms with Crippen LogP contribution in [0.25, 0.3) is 0 Å². The highest BCUT2D eigenvalue weighted by atomic mass is 19.1. The summed E-state index contributed by atoms with van der Waals surface area (Å²) in [4.78, 5) is 0. The average molecular weight is 413 g/mol. The maximum Gasteiger partial charge on any atom is 0.0928 e. The molecule has 1 heteroatoms. The average Bonchev–Trinajstić information content (AvgIpc) is 2.80. The van der Waals surface area contributed by atoms with Crippen LogP contribution < -0.4 is 0 Å². The van der Waals surface area contributed by atoms with Gasteiger partial charge in [0.15, 0.2) is 0 Å². The van der Waals surface area contributed by atoms with Gasteiger partial charge in [0.05, 0.1) is 6.67 Å². The third-order valence-electron chi connectivity index (χ3n) is 7.99. The smallest absolute Gasteiger partial charge is 0.0928 e. The second-order valence-electron chi connectivity index (χ2n) is 10.2. The van der Waals surface area contributed by atoms with Crippen molar-refractivity contribution in [1.29, 1.82) is 0 Å². The maximum atomic E-state index is 12.3. The molecule has 0 unspecified atom stereocenters. The molecule has 0 saturated heterocycles. The van der Waals surface area contributed by atoms with Gasteiger partial charge in [-0.15, -0.1) is 0 Å². The van der Waals surface area contributed by atoms with Gasteiger partial charge in [-0.3, -0.25) is 4.39 Å². The monoisotopic (exact) mass is 412 g/mol. The molecule has 3 rings (SSSR count). The summed E-state index contributed by atoms with van der Waals surface area (Å²) in [6, 6.07) is 9.50. The Bertz CT molecular complexity index is 585. The topological polar surface area (TPSA) is 0 Å². The number of unbranched alkanes of at least 4 members (excludes halogenated alkanes) is 2. The molecule has 1 aromatic rings. The van der Waals surface area contributed by atoms with Gasteiger partial charge in [-0.2, -0.15) is 0 Å². The van der Waals surface area contributed by atoms with Crippen molar-refractivity contribution < 1.29 is 4.39 Å². The lowest BCUT2D eigenvalue weighted by Gasteiger charge is -2.37. The van der Waals surface area contributed by atoms with Gasteiger partial charge < -0.3 is 0 Å². The van der Waals surface area contributed by atoms with Crippen LogP contribution in [0.2, 0.25) is 0 Å². The molecule has 0 amide bonds. The predicted octanol–water partition coefficient (Wildman–Crippen LogP) is 8.88. The van der Waals surface area contributed by atoms with Crippen LogP contribution in [-0.2, 0) is 12.8 Å². The van der Waals surface area contributed by atoms with Crippen molar-refractivity contribution >= 4 is 0 Å². The summed E-state index contributed by atoms with van der Waals surface area (Å²) in [7, 11) is 0. The minimum Gasteiger partial charge on any atom is -0.251 e. The number of hydrogen-bond donors (Lipinski definition) is 0. The third kappa shape index (κ3) is 7.86. The quantitative estimate of drug-likeness (QED) is 0.251. The van der Waals surface area contributed by atoms with Crippen LogP contribution in [0.15, 0.2) is 36.4 Å². The van der Waals surface area contributed by atoms with Crippen molar-refractivity contribution in [2.24, 2.45) is 23.7 Å². The molecule has 0 N–H and O–H groups in total. The number of alkyl halides is 1. The summed E-state index contributed by atoms with van der Waals surface area (Å²) in [5, 5.41) is 0. The van der Waals surface area contributed by atoms with Crippen molar-refractivity contribution in [2.75, 3.05) is 6.67 Å². The van der Waals surface area contributed by atoms with Crippen LogP contribution in [0, 0.1) is 23.7 Å². The van der Waals surface area contributed by atoms with Gasteiger partial charge in [0, 0.05) is 0 Å². The third-order valence-corrected chi connectivity index (χ3v) is 7.99. The first-order valence-electron chi connectivity index (χ1n) is 13.1. The van der Waals surface area contributed by atoms with Gasteiger partial charge in [0.2, 0.25) is 0 Å². The molecule has 0 aliphatic heterocycles.